The smallest absolute Gasteiger partial charge is 0.195 e. The van der Waals surface area contributed by atoms with Gasteiger partial charge in [-0.25, -0.2) is 4.98 Å². The third-order valence-corrected chi connectivity index (χ3v) is 4.80. The standard InChI is InChI=1S/C16H11ClN2OS/c1-20-13-7-4-8-14-15(13)19-9-12(18-16(19)21-14)10-5-2-3-6-11(10)17/h2-9H,1H3. The highest BCUT2D eigenvalue weighted by molar-refractivity contribution is 7.23. The molecule has 0 saturated heterocycles. The first-order valence-electron chi connectivity index (χ1n) is 6.47. The Balaban J connectivity index is 2.01. The zero-order valence-electron chi connectivity index (χ0n) is 11.2. The normalized spacial score (nSPS) is 11.3. The van der Waals surface area contributed by atoms with Crippen LogP contribution in [-0.4, -0.2) is 16.5 Å². The molecule has 0 fully saturated rings. The minimum Gasteiger partial charge on any atom is -0.495 e. The summed E-state index contributed by atoms with van der Waals surface area (Å²) in [5.74, 6) is 0.849. The number of imidazole rings is 1. The molecule has 4 aromatic rings. The van der Waals surface area contributed by atoms with Crippen molar-refractivity contribution in [2.24, 2.45) is 0 Å². The van der Waals surface area contributed by atoms with Crippen molar-refractivity contribution in [1.82, 2.24) is 9.38 Å². The monoisotopic (exact) mass is 314 g/mol. The number of hydrogen-bond donors (Lipinski definition) is 0. The van der Waals surface area contributed by atoms with E-state index < -0.39 is 0 Å². The summed E-state index contributed by atoms with van der Waals surface area (Å²) in [4.78, 5) is 5.63. The number of nitrogens with zero attached hydrogens (tertiary/aromatic N) is 2. The molecule has 0 atom stereocenters. The lowest BCUT2D eigenvalue weighted by Gasteiger charge is -2.01. The molecule has 0 aliphatic carbocycles. The topological polar surface area (TPSA) is 26.5 Å². The molecule has 21 heavy (non-hydrogen) atoms. The summed E-state index contributed by atoms with van der Waals surface area (Å²) in [5, 5.41) is 0.708. The third kappa shape index (κ3) is 1.91. The Hall–Kier alpha value is -2.04. The first-order valence-corrected chi connectivity index (χ1v) is 7.67. The van der Waals surface area contributed by atoms with Crippen LogP contribution in [0.4, 0.5) is 0 Å². The number of para-hydroxylation sites is 1. The Kier molecular flexibility index (Phi) is 2.87. The van der Waals surface area contributed by atoms with Gasteiger partial charge >= 0.3 is 0 Å². The molecule has 104 valence electrons. The summed E-state index contributed by atoms with van der Waals surface area (Å²) < 4.78 is 8.69. The van der Waals surface area contributed by atoms with Crippen molar-refractivity contribution in [3.63, 3.8) is 0 Å². The van der Waals surface area contributed by atoms with Crippen LogP contribution in [-0.2, 0) is 0 Å². The van der Waals surface area contributed by atoms with Crippen LogP contribution in [0.5, 0.6) is 5.75 Å². The van der Waals surface area contributed by atoms with E-state index in [9.17, 15) is 0 Å². The fourth-order valence-corrected chi connectivity index (χ4v) is 3.74. The molecule has 0 radical (unpaired) electrons. The number of benzene rings is 2. The van der Waals surface area contributed by atoms with Crippen LogP contribution in [0.2, 0.25) is 5.02 Å². The molecular weight excluding hydrogens is 304 g/mol. The second-order valence-electron chi connectivity index (χ2n) is 4.67. The van der Waals surface area contributed by atoms with Crippen LogP contribution in [0.1, 0.15) is 0 Å². The van der Waals surface area contributed by atoms with Gasteiger partial charge in [-0.15, -0.1) is 0 Å². The summed E-state index contributed by atoms with van der Waals surface area (Å²) >= 11 is 7.90. The van der Waals surface area contributed by atoms with Gasteiger partial charge in [-0.1, -0.05) is 47.2 Å². The summed E-state index contributed by atoms with van der Waals surface area (Å²) in [5.41, 5.74) is 2.86. The van der Waals surface area contributed by atoms with Gasteiger partial charge in [0.25, 0.3) is 0 Å². The zero-order valence-corrected chi connectivity index (χ0v) is 12.8. The molecule has 3 nitrogen and oxygen atoms in total. The van der Waals surface area contributed by atoms with Crippen molar-refractivity contribution in [2.45, 2.75) is 0 Å². The largest absolute Gasteiger partial charge is 0.495 e. The summed E-state index contributed by atoms with van der Waals surface area (Å²) in [6.45, 7) is 0. The maximum absolute atomic E-state index is 6.26. The molecule has 5 heteroatoms. The van der Waals surface area contributed by atoms with E-state index in [1.807, 2.05) is 42.6 Å². The number of fused-ring (bicyclic) bond motifs is 3. The molecule has 0 aliphatic heterocycles. The van der Waals surface area contributed by atoms with Gasteiger partial charge in [0.1, 0.15) is 11.3 Å². The fourth-order valence-electron chi connectivity index (χ4n) is 2.48. The maximum atomic E-state index is 6.26. The summed E-state index contributed by atoms with van der Waals surface area (Å²) in [7, 11) is 1.68. The summed E-state index contributed by atoms with van der Waals surface area (Å²) in [6.07, 6.45) is 2.01. The van der Waals surface area contributed by atoms with Gasteiger partial charge < -0.3 is 4.74 Å². The van der Waals surface area contributed by atoms with Crippen LogP contribution >= 0.6 is 22.9 Å². The number of methoxy groups -OCH3 is 1. The van der Waals surface area contributed by atoms with E-state index in [0.717, 1.165) is 32.2 Å². The minimum absolute atomic E-state index is 0.708. The van der Waals surface area contributed by atoms with Crippen molar-refractivity contribution in [1.29, 1.82) is 0 Å². The second kappa shape index (κ2) is 4.76. The predicted octanol–water partition coefficient (Wildman–Crippen LogP) is 4.88. The van der Waals surface area contributed by atoms with Gasteiger partial charge in [0.2, 0.25) is 0 Å². The minimum atomic E-state index is 0.708. The predicted molar refractivity (Wildman–Crippen MR) is 87.6 cm³/mol. The number of rotatable bonds is 2. The van der Waals surface area contributed by atoms with Crippen LogP contribution in [0.15, 0.2) is 48.7 Å². The molecule has 0 aliphatic rings. The van der Waals surface area contributed by atoms with Gasteiger partial charge in [-0.05, 0) is 18.2 Å². The van der Waals surface area contributed by atoms with E-state index in [4.69, 9.17) is 21.3 Å². The van der Waals surface area contributed by atoms with E-state index in [1.54, 1.807) is 18.4 Å². The molecule has 2 aromatic carbocycles. The van der Waals surface area contributed by atoms with Gasteiger partial charge in [0.05, 0.1) is 22.5 Å². The molecular formula is C16H11ClN2OS. The molecule has 2 heterocycles. The van der Waals surface area contributed by atoms with E-state index in [1.165, 1.54) is 0 Å². The Morgan fingerprint density at radius 3 is 2.81 bits per heavy atom. The van der Waals surface area contributed by atoms with Crippen LogP contribution in [0.3, 0.4) is 0 Å². The first kappa shape index (κ1) is 12.7. The molecule has 4 rings (SSSR count). The molecule has 0 N–H and O–H groups in total. The van der Waals surface area contributed by atoms with E-state index in [0.29, 0.717) is 5.02 Å². The number of halogens is 1. The van der Waals surface area contributed by atoms with Crippen LogP contribution < -0.4 is 4.74 Å². The van der Waals surface area contributed by atoms with E-state index in [2.05, 4.69) is 10.5 Å². The van der Waals surface area contributed by atoms with Crippen molar-refractivity contribution in [2.75, 3.05) is 7.11 Å². The van der Waals surface area contributed by atoms with Gasteiger partial charge in [0, 0.05) is 11.8 Å². The lowest BCUT2D eigenvalue weighted by Crippen LogP contribution is -1.86. The molecule has 0 saturated carbocycles. The van der Waals surface area contributed by atoms with E-state index >= 15 is 0 Å². The van der Waals surface area contributed by atoms with Gasteiger partial charge in [-0.2, -0.15) is 0 Å². The molecule has 0 spiro atoms. The summed E-state index contributed by atoms with van der Waals surface area (Å²) in [6, 6.07) is 13.8. The molecule has 0 amide bonds. The Bertz CT molecular complexity index is 957. The van der Waals surface area contributed by atoms with Crippen LogP contribution in [0.25, 0.3) is 26.4 Å². The first-order chi connectivity index (χ1) is 10.3. The molecule has 0 unspecified atom stereocenters. The molecule has 2 aromatic heterocycles. The Morgan fingerprint density at radius 2 is 2.00 bits per heavy atom. The maximum Gasteiger partial charge on any atom is 0.195 e. The Morgan fingerprint density at radius 1 is 1.14 bits per heavy atom. The number of aromatic nitrogens is 2. The third-order valence-electron chi connectivity index (χ3n) is 3.45. The van der Waals surface area contributed by atoms with Crippen molar-refractivity contribution >= 4 is 38.1 Å². The number of thiazole rings is 1. The number of hydrogen-bond acceptors (Lipinski definition) is 3. The van der Waals surface area contributed by atoms with Crippen molar-refractivity contribution < 1.29 is 4.74 Å². The SMILES string of the molecule is COc1cccc2sc3nc(-c4ccccc4Cl)cn3c12. The molecule has 0 bridgehead atoms. The van der Waals surface area contributed by atoms with Crippen LogP contribution in [0, 0.1) is 0 Å². The van der Waals surface area contributed by atoms with Crippen molar-refractivity contribution in [3.05, 3.63) is 53.7 Å². The zero-order chi connectivity index (χ0) is 14.4. The average Bonchev–Trinajstić information content (AvgIpc) is 3.04. The van der Waals surface area contributed by atoms with Gasteiger partial charge in [-0.3, -0.25) is 4.40 Å². The highest BCUT2D eigenvalue weighted by Crippen LogP contribution is 2.35. The highest BCUT2D eigenvalue weighted by atomic mass is 35.5. The lowest BCUT2D eigenvalue weighted by molar-refractivity contribution is 0.418. The fraction of sp³-hybridized carbons (Fsp3) is 0.0625. The lowest BCUT2D eigenvalue weighted by atomic mass is 10.2. The quantitative estimate of drug-likeness (QED) is 0.527. The highest BCUT2D eigenvalue weighted by Gasteiger charge is 2.14. The Labute approximate surface area is 130 Å². The number of ether oxygens (including phenoxy) is 1. The second-order valence-corrected chi connectivity index (χ2v) is 6.08. The van der Waals surface area contributed by atoms with E-state index in [-0.39, 0.29) is 0 Å². The van der Waals surface area contributed by atoms with Gasteiger partial charge in [0.15, 0.2) is 4.96 Å². The average molecular weight is 315 g/mol. The van der Waals surface area contributed by atoms with Crippen molar-refractivity contribution in [3.8, 4) is 17.0 Å².